The third kappa shape index (κ3) is 6.56. The number of rotatable bonds is 13. The zero-order valence-corrected chi connectivity index (χ0v) is 21.3. The van der Waals surface area contributed by atoms with Crippen LogP contribution in [0.3, 0.4) is 0 Å². The maximum absolute atomic E-state index is 13.8. The van der Waals surface area contributed by atoms with Crippen LogP contribution in [0.5, 0.6) is 5.75 Å². The molecule has 0 aliphatic carbocycles. The number of amides is 1. The molecule has 3 N–H and O–H groups in total. The van der Waals surface area contributed by atoms with Gasteiger partial charge < -0.3 is 14.6 Å². The average Bonchev–Trinajstić information content (AvgIpc) is 3.35. The van der Waals surface area contributed by atoms with Crippen molar-refractivity contribution in [2.75, 3.05) is 19.8 Å². The third-order valence-electron chi connectivity index (χ3n) is 6.12. The van der Waals surface area contributed by atoms with Crippen LogP contribution >= 0.6 is 0 Å². The van der Waals surface area contributed by atoms with E-state index in [9.17, 15) is 4.79 Å². The van der Waals surface area contributed by atoms with Crippen LogP contribution in [-0.2, 0) is 9.53 Å². The van der Waals surface area contributed by atoms with E-state index < -0.39 is 11.6 Å². The first-order chi connectivity index (χ1) is 18.7. The summed E-state index contributed by atoms with van der Waals surface area (Å²) >= 11 is 0. The van der Waals surface area contributed by atoms with Crippen molar-refractivity contribution in [3.63, 3.8) is 0 Å². The molecular formula is C31H33N3O4. The van der Waals surface area contributed by atoms with E-state index in [1.54, 1.807) is 6.08 Å². The predicted octanol–water partition coefficient (Wildman–Crippen LogP) is 4.62. The molecule has 3 aromatic rings. The molecule has 4 rings (SSSR count). The number of hydrogen-bond donors (Lipinski definition) is 3. The highest BCUT2D eigenvalue weighted by molar-refractivity contribution is 6.01. The molecule has 7 heteroatoms. The molecule has 38 heavy (non-hydrogen) atoms. The van der Waals surface area contributed by atoms with Gasteiger partial charge in [-0.2, -0.15) is 0 Å². The lowest BCUT2D eigenvalue weighted by atomic mass is 9.84. The second kappa shape index (κ2) is 13.4. The van der Waals surface area contributed by atoms with Crippen molar-refractivity contribution in [1.82, 2.24) is 10.9 Å². The first-order valence-electron chi connectivity index (χ1n) is 12.7. The second-order valence-corrected chi connectivity index (χ2v) is 8.84. The number of benzene rings is 3. The number of aliphatic hydroxyl groups excluding tert-OH is 1. The van der Waals surface area contributed by atoms with Crippen LogP contribution in [-0.4, -0.2) is 42.2 Å². The molecule has 0 bridgehead atoms. The molecule has 2 atom stereocenters. The first kappa shape index (κ1) is 26.9. The van der Waals surface area contributed by atoms with Crippen molar-refractivity contribution in [3.8, 4) is 5.75 Å². The zero-order valence-electron chi connectivity index (χ0n) is 21.3. The van der Waals surface area contributed by atoms with Crippen LogP contribution in [0.25, 0.3) is 6.08 Å². The molecule has 0 saturated heterocycles. The number of hydrogen-bond acceptors (Lipinski definition) is 6. The Kier molecular flexibility index (Phi) is 9.45. The Balaban J connectivity index is 1.70. The highest BCUT2D eigenvalue weighted by Crippen LogP contribution is 2.42. The highest BCUT2D eigenvalue weighted by Gasteiger charge is 2.52. The number of aliphatic hydroxyl groups is 1. The number of ether oxygens (including phenoxy) is 2. The van der Waals surface area contributed by atoms with E-state index in [-0.39, 0.29) is 12.5 Å². The van der Waals surface area contributed by atoms with Crippen molar-refractivity contribution in [2.45, 2.75) is 24.5 Å². The molecule has 0 fully saturated rings. The normalized spacial score (nSPS) is 18.6. The van der Waals surface area contributed by atoms with Gasteiger partial charge in [0.1, 0.15) is 5.75 Å². The molecule has 3 aromatic carbocycles. The van der Waals surface area contributed by atoms with E-state index in [0.717, 1.165) is 16.7 Å². The predicted molar refractivity (Wildman–Crippen MR) is 150 cm³/mol. The highest BCUT2D eigenvalue weighted by atomic mass is 16.5. The molecule has 0 unspecified atom stereocenters. The van der Waals surface area contributed by atoms with Crippen molar-refractivity contribution in [1.29, 1.82) is 0 Å². The van der Waals surface area contributed by atoms with Gasteiger partial charge in [-0.1, -0.05) is 78.9 Å². The summed E-state index contributed by atoms with van der Waals surface area (Å²) in [6.07, 6.45) is 5.84. The van der Waals surface area contributed by atoms with Gasteiger partial charge in [-0.3, -0.25) is 10.2 Å². The minimum atomic E-state index is -1.26. The number of carbonyl (C=O) groups is 1. The molecule has 0 radical (unpaired) electrons. The standard InChI is InChI=1S/C31H33N3O4/c1-2-21-32-34-30(36)31(20-9-13-24-11-5-3-6-12-24)28(25-14-7-4-8-15-25)38-29(33-31)26-16-18-27(19-17-26)37-23-10-22-35/h2-9,11-19,28,32,35H,1,10,20-23H2,(H,34,36)/b13-9+/t28-,31-/m0/s1. The number of aliphatic imine (C=N–C) groups is 1. The molecule has 1 aliphatic rings. The van der Waals surface area contributed by atoms with E-state index in [1.807, 2.05) is 97.1 Å². The van der Waals surface area contributed by atoms with Crippen LogP contribution in [0, 0.1) is 0 Å². The summed E-state index contributed by atoms with van der Waals surface area (Å²) < 4.78 is 12.1. The summed E-state index contributed by atoms with van der Waals surface area (Å²) in [5.74, 6) is 0.765. The van der Waals surface area contributed by atoms with Crippen LogP contribution < -0.4 is 15.6 Å². The number of carbonyl (C=O) groups excluding carboxylic acids is 1. The monoisotopic (exact) mass is 511 g/mol. The second-order valence-electron chi connectivity index (χ2n) is 8.84. The van der Waals surface area contributed by atoms with Crippen molar-refractivity contribution < 1.29 is 19.4 Å². The van der Waals surface area contributed by atoms with E-state index in [1.165, 1.54) is 0 Å². The van der Waals surface area contributed by atoms with Gasteiger partial charge in [0, 0.05) is 31.6 Å². The van der Waals surface area contributed by atoms with Crippen molar-refractivity contribution in [2.24, 2.45) is 4.99 Å². The van der Waals surface area contributed by atoms with Gasteiger partial charge in [0.25, 0.3) is 5.91 Å². The summed E-state index contributed by atoms with van der Waals surface area (Å²) in [5, 5.41) is 8.98. The Morgan fingerprint density at radius 1 is 1.05 bits per heavy atom. The van der Waals surface area contributed by atoms with Crippen LogP contribution in [0.4, 0.5) is 0 Å². The van der Waals surface area contributed by atoms with Gasteiger partial charge in [-0.05, 0) is 35.4 Å². The van der Waals surface area contributed by atoms with Gasteiger partial charge in [0.2, 0.25) is 5.90 Å². The van der Waals surface area contributed by atoms with Gasteiger partial charge in [0.05, 0.1) is 6.61 Å². The minimum Gasteiger partial charge on any atom is -0.494 e. The van der Waals surface area contributed by atoms with E-state index in [2.05, 4.69) is 17.4 Å². The fourth-order valence-corrected chi connectivity index (χ4v) is 4.19. The quantitative estimate of drug-likeness (QED) is 0.177. The summed E-state index contributed by atoms with van der Waals surface area (Å²) in [5.41, 5.74) is 7.07. The Morgan fingerprint density at radius 3 is 2.45 bits per heavy atom. The average molecular weight is 512 g/mol. The topological polar surface area (TPSA) is 92.2 Å². The molecule has 1 heterocycles. The van der Waals surface area contributed by atoms with Gasteiger partial charge in [-0.25, -0.2) is 10.4 Å². The Morgan fingerprint density at radius 2 is 1.76 bits per heavy atom. The Bertz CT molecular complexity index is 1240. The lowest BCUT2D eigenvalue weighted by Crippen LogP contribution is -2.52. The summed E-state index contributed by atoms with van der Waals surface area (Å²) in [6.45, 7) is 4.62. The van der Waals surface area contributed by atoms with Crippen molar-refractivity contribution >= 4 is 17.9 Å². The van der Waals surface area contributed by atoms with E-state index in [4.69, 9.17) is 19.6 Å². The maximum Gasteiger partial charge on any atom is 0.266 e. The largest absolute Gasteiger partial charge is 0.494 e. The van der Waals surface area contributed by atoms with Crippen LogP contribution in [0.2, 0.25) is 0 Å². The molecule has 1 amide bonds. The number of nitrogens with one attached hydrogen (secondary N) is 2. The molecule has 196 valence electrons. The molecule has 7 nitrogen and oxygen atoms in total. The summed E-state index contributed by atoms with van der Waals surface area (Å²) in [6, 6.07) is 27.0. The molecule has 0 spiro atoms. The maximum atomic E-state index is 13.8. The summed E-state index contributed by atoms with van der Waals surface area (Å²) in [7, 11) is 0. The van der Waals surface area contributed by atoms with Gasteiger partial charge >= 0.3 is 0 Å². The molecule has 0 aromatic heterocycles. The third-order valence-corrected chi connectivity index (χ3v) is 6.12. The van der Waals surface area contributed by atoms with Gasteiger partial charge in [-0.15, -0.1) is 6.58 Å². The molecule has 0 saturated carbocycles. The lowest BCUT2D eigenvalue weighted by molar-refractivity contribution is -0.129. The fourth-order valence-electron chi connectivity index (χ4n) is 4.19. The van der Waals surface area contributed by atoms with Crippen LogP contribution in [0.15, 0.2) is 109 Å². The summed E-state index contributed by atoms with van der Waals surface area (Å²) in [4.78, 5) is 18.7. The Labute approximate surface area is 223 Å². The van der Waals surface area contributed by atoms with E-state index in [0.29, 0.717) is 37.6 Å². The lowest BCUT2D eigenvalue weighted by Gasteiger charge is -2.29. The smallest absolute Gasteiger partial charge is 0.266 e. The first-order valence-corrected chi connectivity index (χ1v) is 12.7. The van der Waals surface area contributed by atoms with Crippen LogP contribution in [0.1, 0.15) is 35.6 Å². The molecule has 1 aliphatic heterocycles. The van der Waals surface area contributed by atoms with Gasteiger partial charge in [0.15, 0.2) is 11.6 Å². The Hall–Kier alpha value is -4.20. The molecular weight excluding hydrogens is 478 g/mol. The fraction of sp³-hybridized carbons (Fsp3) is 0.226. The van der Waals surface area contributed by atoms with E-state index >= 15 is 0 Å². The minimum absolute atomic E-state index is 0.0775. The SMILES string of the molecule is C=CCNNC(=O)[C@@]1(C/C=C/c2ccccc2)N=C(c2ccc(OCCCO)cc2)O[C@H]1c1ccccc1. The van der Waals surface area contributed by atoms with Crippen molar-refractivity contribution in [3.05, 3.63) is 120 Å². The number of hydrazine groups is 1. The zero-order chi connectivity index (χ0) is 26.6. The number of nitrogens with zero attached hydrogens (tertiary/aromatic N) is 1.